The van der Waals surface area contributed by atoms with Crippen molar-refractivity contribution in [2.24, 2.45) is 0 Å². The lowest BCUT2D eigenvalue weighted by Gasteiger charge is -2.15. The largest absolute Gasteiger partial charge is 0.455 e. The van der Waals surface area contributed by atoms with Crippen molar-refractivity contribution < 1.29 is 14.3 Å². The van der Waals surface area contributed by atoms with E-state index in [2.05, 4.69) is 0 Å². The zero-order chi connectivity index (χ0) is 10.2. The minimum absolute atomic E-state index is 0.420. The summed E-state index contributed by atoms with van der Waals surface area (Å²) in [6.07, 6.45) is 1.14. The molecule has 0 radical (unpaired) electrons. The molecular formula is C11H14O3. The van der Waals surface area contributed by atoms with E-state index in [0.29, 0.717) is 18.6 Å². The van der Waals surface area contributed by atoms with Gasteiger partial charge in [0, 0.05) is 6.42 Å². The molecule has 76 valence electrons. The van der Waals surface area contributed by atoms with Crippen molar-refractivity contribution in [3.63, 3.8) is 0 Å². The van der Waals surface area contributed by atoms with Crippen LogP contribution in [0, 0.1) is 0 Å². The van der Waals surface area contributed by atoms with Gasteiger partial charge in [0.15, 0.2) is 0 Å². The molecule has 1 unspecified atom stereocenters. The lowest BCUT2D eigenvalue weighted by molar-refractivity contribution is -0.148. The Bertz CT molecular complexity index is 258. The Balaban J connectivity index is 2.50. The van der Waals surface area contributed by atoms with Crippen LogP contribution >= 0.6 is 0 Å². The first-order valence-corrected chi connectivity index (χ1v) is 4.67. The Kier molecular flexibility index (Phi) is 4.55. The molecule has 0 spiro atoms. The first-order valence-electron chi connectivity index (χ1n) is 4.67. The number of hydrogen-bond acceptors (Lipinski definition) is 3. The third-order valence-electron chi connectivity index (χ3n) is 1.74. The monoisotopic (exact) mass is 194 g/mol. The second-order valence-corrected chi connectivity index (χ2v) is 2.88. The van der Waals surface area contributed by atoms with E-state index in [4.69, 9.17) is 9.47 Å². The van der Waals surface area contributed by atoms with Crippen molar-refractivity contribution in [1.82, 2.24) is 0 Å². The quantitative estimate of drug-likeness (QED) is 0.515. The van der Waals surface area contributed by atoms with Crippen LogP contribution in [0.4, 0.5) is 0 Å². The molecule has 1 atom stereocenters. The van der Waals surface area contributed by atoms with Gasteiger partial charge in [-0.05, 0) is 18.6 Å². The molecule has 0 aliphatic heterocycles. The summed E-state index contributed by atoms with van der Waals surface area (Å²) in [6, 6.07) is 9.31. The summed E-state index contributed by atoms with van der Waals surface area (Å²) in [5.41, 5.74) is 0. The topological polar surface area (TPSA) is 35.5 Å². The van der Waals surface area contributed by atoms with Gasteiger partial charge < -0.3 is 9.47 Å². The fourth-order valence-electron chi connectivity index (χ4n) is 1.10. The van der Waals surface area contributed by atoms with Crippen molar-refractivity contribution in [1.29, 1.82) is 0 Å². The van der Waals surface area contributed by atoms with Gasteiger partial charge in [0.25, 0.3) is 6.47 Å². The van der Waals surface area contributed by atoms with E-state index in [9.17, 15) is 4.79 Å². The molecule has 3 nitrogen and oxygen atoms in total. The molecule has 0 aromatic heterocycles. The molecular weight excluding hydrogens is 180 g/mol. The number of hydrogen-bond donors (Lipinski definition) is 0. The van der Waals surface area contributed by atoms with E-state index in [1.165, 1.54) is 0 Å². The molecule has 0 N–H and O–H groups in total. The van der Waals surface area contributed by atoms with E-state index in [1.54, 1.807) is 0 Å². The molecule has 0 fully saturated rings. The van der Waals surface area contributed by atoms with Crippen molar-refractivity contribution in [2.45, 2.75) is 26.1 Å². The van der Waals surface area contributed by atoms with Crippen molar-refractivity contribution in [3.05, 3.63) is 30.3 Å². The summed E-state index contributed by atoms with van der Waals surface area (Å²) in [4.78, 5) is 10.2. The van der Waals surface area contributed by atoms with Gasteiger partial charge in [-0.15, -0.1) is 0 Å². The number of rotatable bonds is 6. The maximum absolute atomic E-state index is 10.2. The van der Waals surface area contributed by atoms with Crippen molar-refractivity contribution in [3.8, 4) is 5.75 Å². The Hall–Kier alpha value is -1.51. The smallest absolute Gasteiger partial charge is 0.296 e. The predicted molar refractivity (Wildman–Crippen MR) is 52.9 cm³/mol. The number of ether oxygens (including phenoxy) is 2. The van der Waals surface area contributed by atoms with Gasteiger partial charge in [0.2, 0.25) is 6.29 Å². The molecule has 1 aromatic rings. The van der Waals surface area contributed by atoms with Crippen LogP contribution in [0.1, 0.15) is 19.8 Å². The summed E-state index contributed by atoms with van der Waals surface area (Å²) >= 11 is 0. The van der Waals surface area contributed by atoms with Gasteiger partial charge in [-0.1, -0.05) is 25.1 Å². The van der Waals surface area contributed by atoms with E-state index in [-0.39, 0.29) is 0 Å². The first kappa shape index (κ1) is 10.6. The highest BCUT2D eigenvalue weighted by atomic mass is 16.7. The molecule has 0 aliphatic rings. The van der Waals surface area contributed by atoms with Gasteiger partial charge in [0.05, 0.1) is 0 Å². The molecule has 14 heavy (non-hydrogen) atoms. The van der Waals surface area contributed by atoms with Gasteiger partial charge in [0.1, 0.15) is 5.75 Å². The zero-order valence-electron chi connectivity index (χ0n) is 8.18. The molecule has 0 aliphatic carbocycles. The van der Waals surface area contributed by atoms with Gasteiger partial charge in [-0.3, -0.25) is 4.79 Å². The van der Waals surface area contributed by atoms with Gasteiger partial charge >= 0.3 is 0 Å². The molecule has 0 amide bonds. The van der Waals surface area contributed by atoms with Gasteiger partial charge in [-0.25, -0.2) is 0 Å². The molecule has 1 rings (SSSR count). The summed E-state index contributed by atoms with van der Waals surface area (Å²) in [7, 11) is 0. The highest BCUT2D eigenvalue weighted by Gasteiger charge is 2.08. The average molecular weight is 194 g/mol. The fourth-order valence-corrected chi connectivity index (χ4v) is 1.10. The Morgan fingerprint density at radius 1 is 1.36 bits per heavy atom. The third kappa shape index (κ3) is 3.47. The zero-order valence-corrected chi connectivity index (χ0v) is 8.18. The number of para-hydroxylation sites is 1. The van der Waals surface area contributed by atoms with E-state index in [0.717, 1.165) is 6.42 Å². The molecule has 0 saturated carbocycles. The van der Waals surface area contributed by atoms with Crippen LogP contribution in [-0.4, -0.2) is 12.8 Å². The van der Waals surface area contributed by atoms with Gasteiger partial charge in [-0.2, -0.15) is 0 Å². The molecule has 0 bridgehead atoms. The summed E-state index contributed by atoms with van der Waals surface area (Å²) < 4.78 is 10.2. The summed E-state index contributed by atoms with van der Waals surface area (Å²) in [5, 5.41) is 0. The van der Waals surface area contributed by atoms with Crippen LogP contribution < -0.4 is 4.74 Å². The van der Waals surface area contributed by atoms with Crippen LogP contribution in [0.15, 0.2) is 30.3 Å². The molecule has 1 aromatic carbocycles. The predicted octanol–water partition coefficient (Wildman–Crippen LogP) is 2.36. The van der Waals surface area contributed by atoms with Crippen LogP contribution in [0.5, 0.6) is 5.75 Å². The Labute approximate surface area is 83.6 Å². The maximum atomic E-state index is 10.2. The molecule has 0 saturated heterocycles. The Morgan fingerprint density at radius 2 is 2.07 bits per heavy atom. The van der Waals surface area contributed by atoms with Crippen LogP contribution in [0.3, 0.4) is 0 Å². The SMILES string of the molecule is CCCC(OC=O)Oc1ccccc1. The van der Waals surface area contributed by atoms with Crippen molar-refractivity contribution >= 4 is 6.47 Å². The van der Waals surface area contributed by atoms with E-state index < -0.39 is 6.29 Å². The first-order chi connectivity index (χ1) is 6.86. The standard InChI is InChI=1S/C11H14O3/c1-2-6-11(13-9-12)14-10-7-4-3-5-8-10/h3-5,7-9,11H,2,6H2,1H3. The minimum atomic E-state index is -0.472. The van der Waals surface area contributed by atoms with Crippen LogP contribution in [0.2, 0.25) is 0 Å². The number of carbonyl (C=O) groups is 1. The Morgan fingerprint density at radius 3 is 2.64 bits per heavy atom. The summed E-state index contributed by atoms with van der Waals surface area (Å²) in [5.74, 6) is 0.716. The van der Waals surface area contributed by atoms with Crippen LogP contribution in [0.25, 0.3) is 0 Å². The van der Waals surface area contributed by atoms with Crippen molar-refractivity contribution in [2.75, 3.05) is 0 Å². The highest BCUT2D eigenvalue weighted by molar-refractivity contribution is 5.37. The third-order valence-corrected chi connectivity index (χ3v) is 1.74. The molecule has 0 heterocycles. The second-order valence-electron chi connectivity index (χ2n) is 2.88. The average Bonchev–Trinajstić information content (AvgIpc) is 2.20. The van der Waals surface area contributed by atoms with E-state index in [1.807, 2.05) is 37.3 Å². The lowest BCUT2D eigenvalue weighted by atomic mass is 10.3. The lowest BCUT2D eigenvalue weighted by Crippen LogP contribution is -2.19. The maximum Gasteiger partial charge on any atom is 0.296 e. The number of benzene rings is 1. The fraction of sp³-hybridized carbons (Fsp3) is 0.364. The minimum Gasteiger partial charge on any atom is -0.455 e. The number of carbonyl (C=O) groups excluding carboxylic acids is 1. The normalized spacial score (nSPS) is 11.8. The van der Waals surface area contributed by atoms with Crippen LogP contribution in [-0.2, 0) is 9.53 Å². The molecule has 3 heteroatoms. The van der Waals surface area contributed by atoms with E-state index >= 15 is 0 Å². The highest BCUT2D eigenvalue weighted by Crippen LogP contribution is 2.13. The second kappa shape index (κ2) is 6.02. The summed E-state index contributed by atoms with van der Waals surface area (Å²) in [6.45, 7) is 2.43.